The molecule has 1 N–H and O–H groups in total. The molecule has 35 heavy (non-hydrogen) atoms. The van der Waals surface area contributed by atoms with Crippen molar-refractivity contribution >= 4 is 34.2 Å². The van der Waals surface area contributed by atoms with Gasteiger partial charge in [-0.1, -0.05) is 54.1 Å². The van der Waals surface area contributed by atoms with E-state index in [1.807, 2.05) is 61.5 Å². The molecule has 1 aliphatic carbocycles. The van der Waals surface area contributed by atoms with Crippen molar-refractivity contribution in [2.45, 2.75) is 44.6 Å². The zero-order valence-electron chi connectivity index (χ0n) is 20.1. The normalized spacial score (nSPS) is 16.0. The second-order valence-electron chi connectivity index (χ2n) is 8.92. The minimum Gasteiger partial charge on any atom is -0.484 e. The molecule has 0 saturated carbocycles. The standard InChI is InChI=1S/C29H30ClNO4/c1-19-8-12-23(30)16-26(19)27(17-29(33)34-2)21-10-9-20-11-13-25(15-22(20)14-21)35-18-28(32)31-24-6-4-3-5-7-24/h4,6,8-16,24,27H,3,5,7,17-18H2,1-2H3,(H,31,32). The van der Waals surface area contributed by atoms with Crippen LogP contribution in [-0.4, -0.2) is 31.6 Å². The fourth-order valence-corrected chi connectivity index (χ4v) is 4.70. The number of ether oxygens (including phenoxy) is 2. The van der Waals surface area contributed by atoms with Crippen LogP contribution in [0.3, 0.4) is 0 Å². The molecule has 2 atom stereocenters. The van der Waals surface area contributed by atoms with E-state index < -0.39 is 0 Å². The van der Waals surface area contributed by atoms with Gasteiger partial charge in [0, 0.05) is 17.0 Å². The minimum absolute atomic E-state index is 0.0395. The monoisotopic (exact) mass is 491 g/mol. The first-order valence-corrected chi connectivity index (χ1v) is 12.3. The fourth-order valence-electron chi connectivity index (χ4n) is 4.52. The highest BCUT2D eigenvalue weighted by atomic mass is 35.5. The Balaban J connectivity index is 1.56. The third-order valence-corrected chi connectivity index (χ3v) is 6.66. The van der Waals surface area contributed by atoms with Gasteiger partial charge < -0.3 is 14.8 Å². The molecule has 4 rings (SSSR count). The van der Waals surface area contributed by atoms with Crippen molar-refractivity contribution in [1.29, 1.82) is 0 Å². The molecule has 0 radical (unpaired) electrons. The smallest absolute Gasteiger partial charge is 0.306 e. The van der Waals surface area contributed by atoms with E-state index in [4.69, 9.17) is 21.1 Å². The van der Waals surface area contributed by atoms with Crippen molar-refractivity contribution in [2.24, 2.45) is 0 Å². The maximum absolute atomic E-state index is 12.3. The number of hydrogen-bond acceptors (Lipinski definition) is 4. The summed E-state index contributed by atoms with van der Waals surface area (Å²) in [5, 5.41) is 5.62. The zero-order valence-corrected chi connectivity index (χ0v) is 20.8. The average molecular weight is 492 g/mol. The largest absolute Gasteiger partial charge is 0.484 e. The molecule has 1 aliphatic rings. The Kier molecular flexibility index (Phi) is 8.09. The Morgan fingerprint density at radius 3 is 2.69 bits per heavy atom. The Bertz CT molecular complexity index is 1250. The van der Waals surface area contributed by atoms with Gasteiger partial charge in [0.2, 0.25) is 0 Å². The number of fused-ring (bicyclic) bond motifs is 1. The second-order valence-corrected chi connectivity index (χ2v) is 9.36. The summed E-state index contributed by atoms with van der Waals surface area (Å²) in [6.45, 7) is 1.97. The molecule has 0 aliphatic heterocycles. The first kappa shape index (κ1) is 24.8. The van der Waals surface area contributed by atoms with Crippen LogP contribution in [0.5, 0.6) is 5.75 Å². The molecule has 0 bridgehead atoms. The number of halogens is 1. The number of rotatable bonds is 8. The molecule has 0 heterocycles. The Morgan fingerprint density at radius 2 is 1.91 bits per heavy atom. The Hall–Kier alpha value is -3.31. The van der Waals surface area contributed by atoms with E-state index in [0.29, 0.717) is 10.8 Å². The summed E-state index contributed by atoms with van der Waals surface area (Å²) in [7, 11) is 1.40. The molecule has 0 saturated heterocycles. The number of aryl methyl sites for hydroxylation is 1. The minimum atomic E-state index is -0.287. The molecule has 182 valence electrons. The highest BCUT2D eigenvalue weighted by molar-refractivity contribution is 6.30. The van der Waals surface area contributed by atoms with Crippen LogP contribution in [0, 0.1) is 6.92 Å². The van der Waals surface area contributed by atoms with Gasteiger partial charge in [0.05, 0.1) is 13.5 Å². The van der Waals surface area contributed by atoms with Crippen LogP contribution < -0.4 is 10.1 Å². The lowest BCUT2D eigenvalue weighted by molar-refractivity contribution is -0.140. The number of amides is 1. The van der Waals surface area contributed by atoms with Gasteiger partial charge in [-0.05, 0) is 77.9 Å². The highest BCUT2D eigenvalue weighted by Crippen LogP contribution is 2.34. The number of allylic oxidation sites excluding steroid dienone is 1. The van der Waals surface area contributed by atoms with Gasteiger partial charge in [-0.3, -0.25) is 9.59 Å². The van der Waals surface area contributed by atoms with Gasteiger partial charge in [0.1, 0.15) is 5.75 Å². The van der Waals surface area contributed by atoms with Gasteiger partial charge in [-0.2, -0.15) is 0 Å². The number of carbonyl (C=O) groups is 2. The SMILES string of the molecule is COC(=O)CC(c1ccc2ccc(OCC(=O)NC3C=CCCC3)cc2c1)c1cc(Cl)ccc1C. The molecule has 0 fully saturated rings. The molecule has 6 heteroatoms. The van der Waals surface area contributed by atoms with Crippen molar-refractivity contribution in [2.75, 3.05) is 13.7 Å². The average Bonchev–Trinajstić information content (AvgIpc) is 2.87. The molecular weight excluding hydrogens is 462 g/mol. The van der Waals surface area contributed by atoms with Gasteiger partial charge in [0.15, 0.2) is 6.61 Å². The van der Waals surface area contributed by atoms with Crippen LogP contribution in [0.15, 0.2) is 66.7 Å². The number of methoxy groups -OCH3 is 1. The molecule has 1 amide bonds. The highest BCUT2D eigenvalue weighted by Gasteiger charge is 2.21. The van der Waals surface area contributed by atoms with E-state index in [9.17, 15) is 9.59 Å². The van der Waals surface area contributed by atoms with Crippen LogP contribution in [0.2, 0.25) is 5.02 Å². The summed E-state index contributed by atoms with van der Waals surface area (Å²) in [5.41, 5.74) is 3.02. The number of benzene rings is 3. The molecule has 5 nitrogen and oxygen atoms in total. The molecule has 0 aromatic heterocycles. The summed E-state index contributed by atoms with van der Waals surface area (Å²) in [6, 6.07) is 17.7. The van der Waals surface area contributed by atoms with Gasteiger partial charge in [-0.25, -0.2) is 0 Å². The second kappa shape index (κ2) is 11.4. The number of carbonyl (C=O) groups excluding carboxylic acids is 2. The lowest BCUT2D eigenvalue weighted by Crippen LogP contribution is -2.37. The quantitative estimate of drug-likeness (QED) is 0.305. The third kappa shape index (κ3) is 6.43. The Labute approximate surface area is 211 Å². The molecule has 0 spiro atoms. The van der Waals surface area contributed by atoms with Crippen molar-refractivity contribution < 1.29 is 19.1 Å². The zero-order chi connectivity index (χ0) is 24.8. The van der Waals surface area contributed by atoms with Crippen LogP contribution in [0.4, 0.5) is 0 Å². The fraction of sp³-hybridized carbons (Fsp3) is 0.310. The predicted molar refractivity (Wildman–Crippen MR) is 139 cm³/mol. The molecule has 3 aromatic carbocycles. The molecular formula is C29H30ClNO4. The topological polar surface area (TPSA) is 64.6 Å². The maximum Gasteiger partial charge on any atom is 0.306 e. The van der Waals surface area contributed by atoms with Gasteiger partial charge in [-0.15, -0.1) is 0 Å². The lowest BCUT2D eigenvalue weighted by atomic mass is 9.85. The van der Waals surface area contributed by atoms with E-state index >= 15 is 0 Å². The van der Waals surface area contributed by atoms with Crippen molar-refractivity contribution in [3.8, 4) is 5.75 Å². The lowest BCUT2D eigenvalue weighted by Gasteiger charge is -2.20. The van der Waals surface area contributed by atoms with Crippen LogP contribution >= 0.6 is 11.6 Å². The first-order chi connectivity index (χ1) is 16.9. The van der Waals surface area contributed by atoms with Crippen molar-refractivity contribution in [3.05, 3.63) is 88.5 Å². The van der Waals surface area contributed by atoms with E-state index in [2.05, 4.69) is 17.5 Å². The van der Waals surface area contributed by atoms with Crippen LogP contribution in [-0.2, 0) is 14.3 Å². The molecule has 2 unspecified atom stereocenters. The maximum atomic E-state index is 12.3. The number of hydrogen-bond donors (Lipinski definition) is 1. The van der Waals surface area contributed by atoms with Crippen molar-refractivity contribution in [3.63, 3.8) is 0 Å². The van der Waals surface area contributed by atoms with Crippen molar-refractivity contribution in [1.82, 2.24) is 5.32 Å². The first-order valence-electron chi connectivity index (χ1n) is 11.9. The number of esters is 1. The Morgan fingerprint density at radius 1 is 1.09 bits per heavy atom. The van der Waals surface area contributed by atoms with E-state index in [0.717, 1.165) is 46.7 Å². The van der Waals surface area contributed by atoms with E-state index in [1.165, 1.54) is 7.11 Å². The number of nitrogens with one attached hydrogen (secondary N) is 1. The van der Waals surface area contributed by atoms with Crippen LogP contribution in [0.1, 0.15) is 48.3 Å². The van der Waals surface area contributed by atoms with Gasteiger partial charge in [0.25, 0.3) is 5.91 Å². The predicted octanol–water partition coefficient (Wildman–Crippen LogP) is 6.10. The summed E-state index contributed by atoms with van der Waals surface area (Å²) in [5.74, 6) is -0.00718. The van der Waals surface area contributed by atoms with Crippen LogP contribution in [0.25, 0.3) is 10.8 Å². The molecule has 3 aromatic rings. The summed E-state index contributed by atoms with van der Waals surface area (Å²) in [4.78, 5) is 24.6. The van der Waals surface area contributed by atoms with E-state index in [1.54, 1.807) is 0 Å². The summed E-state index contributed by atoms with van der Waals surface area (Å²) in [6.07, 6.45) is 7.47. The van der Waals surface area contributed by atoms with E-state index in [-0.39, 0.29) is 36.9 Å². The third-order valence-electron chi connectivity index (χ3n) is 6.42. The van der Waals surface area contributed by atoms with Gasteiger partial charge >= 0.3 is 5.97 Å². The summed E-state index contributed by atoms with van der Waals surface area (Å²) >= 11 is 6.29. The summed E-state index contributed by atoms with van der Waals surface area (Å²) < 4.78 is 10.8.